The van der Waals surface area contributed by atoms with Crippen LogP contribution in [-0.4, -0.2) is 72.9 Å². The van der Waals surface area contributed by atoms with E-state index in [1.165, 1.54) is 12.0 Å². The van der Waals surface area contributed by atoms with Crippen LogP contribution in [0.2, 0.25) is 0 Å². The van der Waals surface area contributed by atoms with Crippen molar-refractivity contribution in [1.29, 1.82) is 0 Å². The minimum Gasteiger partial charge on any atom is -0.381 e. The second-order valence-electron chi connectivity index (χ2n) is 10.3. The van der Waals surface area contributed by atoms with E-state index in [2.05, 4.69) is 61.6 Å². The van der Waals surface area contributed by atoms with Crippen molar-refractivity contribution in [2.45, 2.75) is 39.7 Å². The summed E-state index contributed by atoms with van der Waals surface area (Å²) in [5.41, 5.74) is 5.05. The monoisotopic (exact) mass is 529 g/mol. The Morgan fingerprint density at radius 1 is 1.00 bits per heavy atom. The van der Waals surface area contributed by atoms with Crippen molar-refractivity contribution in [2.24, 2.45) is 0 Å². The van der Waals surface area contributed by atoms with Crippen LogP contribution in [0.15, 0.2) is 54.9 Å². The van der Waals surface area contributed by atoms with Crippen LogP contribution in [0.1, 0.15) is 30.9 Å². The van der Waals surface area contributed by atoms with E-state index >= 15 is 0 Å². The van der Waals surface area contributed by atoms with Gasteiger partial charge in [-0.05, 0) is 68.6 Å². The zero-order valence-corrected chi connectivity index (χ0v) is 23.2. The molecule has 0 radical (unpaired) electrons. The fourth-order valence-electron chi connectivity index (χ4n) is 5.35. The Hall–Kier alpha value is -3.69. The molecule has 2 amide bonds. The van der Waals surface area contributed by atoms with Crippen molar-refractivity contribution in [3.05, 3.63) is 66.0 Å². The molecule has 3 heterocycles. The predicted molar refractivity (Wildman–Crippen MR) is 157 cm³/mol. The summed E-state index contributed by atoms with van der Waals surface area (Å²) in [5, 5.41) is 6.54. The molecule has 2 aliphatic heterocycles. The van der Waals surface area contributed by atoms with Crippen LogP contribution in [0.25, 0.3) is 0 Å². The van der Waals surface area contributed by atoms with Gasteiger partial charge in [0.1, 0.15) is 18.0 Å². The molecule has 2 saturated heterocycles. The number of hydrogen-bond donors (Lipinski definition) is 2. The van der Waals surface area contributed by atoms with E-state index in [0.717, 1.165) is 68.1 Å². The first-order chi connectivity index (χ1) is 19.0. The van der Waals surface area contributed by atoms with Gasteiger partial charge in [-0.15, -0.1) is 0 Å². The second kappa shape index (κ2) is 12.4. The van der Waals surface area contributed by atoms with Crippen molar-refractivity contribution in [3.63, 3.8) is 0 Å². The number of amides is 2. The van der Waals surface area contributed by atoms with E-state index in [-0.39, 0.29) is 12.1 Å². The number of urea groups is 1. The molecule has 0 saturated carbocycles. The Bertz CT molecular complexity index is 1230. The molecule has 2 N–H and O–H groups in total. The first-order valence-electron chi connectivity index (χ1n) is 13.9. The maximum atomic E-state index is 13.7. The predicted octanol–water partition coefficient (Wildman–Crippen LogP) is 5.20. The fourth-order valence-corrected chi connectivity index (χ4v) is 5.35. The molecule has 0 spiro atoms. The van der Waals surface area contributed by atoms with E-state index in [4.69, 9.17) is 4.74 Å². The van der Waals surface area contributed by atoms with Gasteiger partial charge < -0.3 is 25.2 Å². The highest BCUT2D eigenvalue weighted by Crippen LogP contribution is 2.27. The fraction of sp³-hybridized carbons (Fsp3) is 0.433. The molecule has 2 aliphatic rings. The number of nitrogens with zero attached hydrogens (tertiary/aromatic N) is 5. The first kappa shape index (κ1) is 26.9. The van der Waals surface area contributed by atoms with E-state index in [1.54, 1.807) is 4.90 Å². The van der Waals surface area contributed by atoms with Crippen LogP contribution in [-0.2, 0) is 4.74 Å². The summed E-state index contributed by atoms with van der Waals surface area (Å²) in [6, 6.07) is 16.1. The minimum absolute atomic E-state index is 0.0155. The number of carbonyl (C=O) groups is 1. The van der Waals surface area contributed by atoms with Crippen molar-refractivity contribution in [3.8, 4) is 0 Å². The summed E-state index contributed by atoms with van der Waals surface area (Å²) in [5.74, 6) is 1.20. The van der Waals surface area contributed by atoms with Crippen LogP contribution in [0.4, 0.5) is 33.5 Å². The molecule has 0 aliphatic carbocycles. The lowest BCUT2D eigenvalue weighted by Crippen LogP contribution is -2.46. The van der Waals surface area contributed by atoms with Crippen molar-refractivity contribution in [1.82, 2.24) is 14.9 Å². The average molecular weight is 530 g/mol. The molecule has 1 aromatic heterocycles. The zero-order valence-electron chi connectivity index (χ0n) is 23.2. The average Bonchev–Trinajstić information content (AvgIpc) is 2.96. The summed E-state index contributed by atoms with van der Waals surface area (Å²) in [6.07, 6.45) is 3.01. The van der Waals surface area contributed by atoms with Gasteiger partial charge >= 0.3 is 6.03 Å². The van der Waals surface area contributed by atoms with E-state index in [1.807, 2.05) is 38.1 Å². The van der Waals surface area contributed by atoms with Gasteiger partial charge in [0.25, 0.3) is 0 Å². The third-order valence-electron chi connectivity index (χ3n) is 7.71. The lowest BCUT2D eigenvalue weighted by Gasteiger charge is -2.35. The molecule has 2 aromatic carbocycles. The molecule has 9 nitrogen and oxygen atoms in total. The molecule has 9 heteroatoms. The molecule has 0 atom stereocenters. The molecule has 0 unspecified atom stereocenters. The highest BCUT2D eigenvalue weighted by atomic mass is 16.5. The van der Waals surface area contributed by atoms with E-state index < -0.39 is 0 Å². The summed E-state index contributed by atoms with van der Waals surface area (Å²) in [4.78, 5) is 29.3. The Morgan fingerprint density at radius 2 is 1.69 bits per heavy atom. The molecule has 2 fully saturated rings. The van der Waals surface area contributed by atoms with Gasteiger partial charge in [0, 0.05) is 68.6 Å². The molecule has 0 bridgehead atoms. The van der Waals surface area contributed by atoms with Gasteiger partial charge in [0.15, 0.2) is 0 Å². The van der Waals surface area contributed by atoms with Crippen LogP contribution in [0, 0.1) is 13.8 Å². The van der Waals surface area contributed by atoms with Crippen molar-refractivity contribution in [2.75, 3.05) is 66.4 Å². The number of hydrogen-bond acceptors (Lipinski definition) is 7. The Kier molecular flexibility index (Phi) is 8.58. The number of benzene rings is 2. The highest BCUT2D eigenvalue weighted by Gasteiger charge is 2.29. The van der Waals surface area contributed by atoms with Crippen LogP contribution < -0.4 is 20.4 Å². The molecule has 206 valence electrons. The highest BCUT2D eigenvalue weighted by molar-refractivity contribution is 6.02. The Morgan fingerprint density at radius 3 is 2.36 bits per heavy atom. The molecular formula is C30H39N7O2. The van der Waals surface area contributed by atoms with E-state index in [0.29, 0.717) is 24.8 Å². The summed E-state index contributed by atoms with van der Waals surface area (Å²) in [6.45, 7) is 12.9. The van der Waals surface area contributed by atoms with Crippen LogP contribution in [0.3, 0.4) is 0 Å². The number of rotatable bonds is 7. The Balaban J connectivity index is 1.32. The number of aryl methyl sites for hydroxylation is 2. The summed E-state index contributed by atoms with van der Waals surface area (Å²) < 4.78 is 5.58. The SMILES string of the molecule is CCN1CCN(c2ccc(Nc3cc(N(C(=O)Nc4c(C)cccc4C)C4CCOCC4)ncn3)cc2)CC1. The van der Waals surface area contributed by atoms with Crippen LogP contribution >= 0.6 is 0 Å². The largest absolute Gasteiger partial charge is 0.381 e. The number of anilines is 5. The molecule has 3 aromatic rings. The normalized spacial score (nSPS) is 16.6. The number of nitrogens with one attached hydrogen (secondary N) is 2. The maximum Gasteiger partial charge on any atom is 0.327 e. The zero-order chi connectivity index (χ0) is 27.2. The third kappa shape index (κ3) is 6.49. The minimum atomic E-state index is -0.198. The lowest BCUT2D eigenvalue weighted by molar-refractivity contribution is 0.0858. The summed E-state index contributed by atoms with van der Waals surface area (Å²) >= 11 is 0. The third-order valence-corrected chi connectivity index (χ3v) is 7.71. The number of likely N-dealkylation sites (N-methyl/N-ethyl adjacent to an activating group) is 1. The first-order valence-corrected chi connectivity index (χ1v) is 13.9. The number of carbonyl (C=O) groups excluding carboxylic acids is 1. The van der Waals surface area contributed by atoms with Gasteiger partial charge in [-0.2, -0.15) is 0 Å². The number of ether oxygens (including phenoxy) is 1. The van der Waals surface area contributed by atoms with Crippen molar-refractivity contribution < 1.29 is 9.53 Å². The van der Waals surface area contributed by atoms with Crippen molar-refractivity contribution >= 4 is 34.7 Å². The van der Waals surface area contributed by atoms with Gasteiger partial charge in [-0.25, -0.2) is 14.8 Å². The Labute approximate surface area is 231 Å². The smallest absolute Gasteiger partial charge is 0.327 e. The number of para-hydroxylation sites is 1. The van der Waals surface area contributed by atoms with Gasteiger partial charge in [0.05, 0.1) is 0 Å². The quantitative estimate of drug-likeness (QED) is 0.435. The number of piperazine rings is 1. The lowest BCUT2D eigenvalue weighted by atomic mass is 10.1. The molecular weight excluding hydrogens is 490 g/mol. The summed E-state index contributed by atoms with van der Waals surface area (Å²) in [7, 11) is 0. The van der Waals surface area contributed by atoms with Crippen LogP contribution in [0.5, 0.6) is 0 Å². The topological polar surface area (TPSA) is 85.9 Å². The standard InChI is InChI=1S/C30H39N7O2/c1-4-35-14-16-36(17-15-35)25-10-8-24(9-11-25)33-27-20-28(32-21-31-27)37(26-12-18-39-19-13-26)30(38)34-29-22(2)6-5-7-23(29)3/h5-11,20-21,26H,4,12-19H2,1-3H3,(H,34,38)(H,31,32,33). The number of aromatic nitrogens is 2. The molecule has 39 heavy (non-hydrogen) atoms. The van der Waals surface area contributed by atoms with Gasteiger partial charge in [-0.1, -0.05) is 25.1 Å². The van der Waals surface area contributed by atoms with Gasteiger partial charge in [-0.3, -0.25) is 4.90 Å². The molecule has 5 rings (SSSR count). The maximum absolute atomic E-state index is 13.7. The van der Waals surface area contributed by atoms with Gasteiger partial charge in [0.2, 0.25) is 0 Å². The second-order valence-corrected chi connectivity index (χ2v) is 10.3. The van der Waals surface area contributed by atoms with E-state index in [9.17, 15) is 4.79 Å².